The Bertz CT molecular complexity index is 390. The molecule has 0 spiro atoms. The first kappa shape index (κ1) is 16.5. The summed E-state index contributed by atoms with van der Waals surface area (Å²) >= 11 is 0. The van der Waals surface area contributed by atoms with Crippen LogP contribution in [0.1, 0.15) is 58.1 Å². The molecule has 1 heterocycles. The Morgan fingerprint density at radius 3 is 2.57 bits per heavy atom. The third-order valence-electron chi connectivity index (χ3n) is 5.10. The second-order valence-corrected chi connectivity index (χ2v) is 6.43. The second-order valence-electron chi connectivity index (χ2n) is 6.43. The van der Waals surface area contributed by atoms with Gasteiger partial charge < -0.3 is 5.32 Å². The third-order valence-corrected chi connectivity index (χ3v) is 5.10. The van der Waals surface area contributed by atoms with Gasteiger partial charge in [0.05, 0.1) is 0 Å². The first-order valence-corrected chi connectivity index (χ1v) is 8.78. The Kier molecular flexibility index (Phi) is 6.72. The molecule has 1 saturated heterocycles. The summed E-state index contributed by atoms with van der Waals surface area (Å²) in [5, 5.41) is 3.70. The summed E-state index contributed by atoms with van der Waals surface area (Å²) in [6.45, 7) is 10.5. The highest BCUT2D eigenvalue weighted by Crippen LogP contribution is 2.26. The zero-order valence-electron chi connectivity index (χ0n) is 14.0. The van der Waals surface area contributed by atoms with Crippen molar-refractivity contribution in [2.75, 3.05) is 19.6 Å². The van der Waals surface area contributed by atoms with E-state index in [9.17, 15) is 0 Å². The van der Waals surface area contributed by atoms with Crippen LogP contribution in [0.15, 0.2) is 30.3 Å². The highest BCUT2D eigenvalue weighted by atomic mass is 15.2. The molecule has 0 bridgehead atoms. The van der Waals surface area contributed by atoms with E-state index in [0.717, 1.165) is 12.5 Å². The molecule has 0 aromatic heterocycles. The predicted molar refractivity (Wildman–Crippen MR) is 91.5 cm³/mol. The summed E-state index contributed by atoms with van der Waals surface area (Å²) in [5.74, 6) is 0.941. The van der Waals surface area contributed by atoms with Gasteiger partial charge in [-0.2, -0.15) is 0 Å². The summed E-state index contributed by atoms with van der Waals surface area (Å²) in [6, 6.07) is 11.9. The van der Waals surface area contributed by atoms with E-state index in [-0.39, 0.29) is 0 Å². The Morgan fingerprint density at radius 2 is 1.90 bits per heavy atom. The minimum Gasteiger partial charge on any atom is -0.309 e. The van der Waals surface area contributed by atoms with E-state index in [4.69, 9.17) is 0 Å². The molecular formula is C19H32N2. The number of likely N-dealkylation sites (tertiary alicyclic amines) is 1. The summed E-state index contributed by atoms with van der Waals surface area (Å²) in [5.41, 5.74) is 1.42. The molecule has 118 valence electrons. The molecule has 1 aromatic rings. The monoisotopic (exact) mass is 288 g/mol. The Balaban J connectivity index is 2.05. The van der Waals surface area contributed by atoms with Gasteiger partial charge in [0.2, 0.25) is 0 Å². The number of hydrogen-bond donors (Lipinski definition) is 1. The van der Waals surface area contributed by atoms with Gasteiger partial charge in [0.1, 0.15) is 0 Å². The maximum Gasteiger partial charge on any atom is 0.0475 e. The molecule has 1 N–H and O–H groups in total. The van der Waals surface area contributed by atoms with E-state index < -0.39 is 0 Å². The zero-order chi connectivity index (χ0) is 15.1. The lowest BCUT2D eigenvalue weighted by Crippen LogP contribution is -2.43. The van der Waals surface area contributed by atoms with Gasteiger partial charge in [-0.25, -0.2) is 0 Å². The normalized spacial score (nSPS) is 23.5. The van der Waals surface area contributed by atoms with Gasteiger partial charge in [-0.1, -0.05) is 50.6 Å². The average Bonchev–Trinajstić information content (AvgIpc) is 2.78. The van der Waals surface area contributed by atoms with E-state index in [1.165, 1.54) is 44.3 Å². The van der Waals surface area contributed by atoms with Crippen molar-refractivity contribution in [3.8, 4) is 0 Å². The fourth-order valence-corrected chi connectivity index (χ4v) is 3.66. The number of nitrogens with one attached hydrogen (secondary N) is 1. The van der Waals surface area contributed by atoms with Crippen LogP contribution in [0.25, 0.3) is 0 Å². The summed E-state index contributed by atoms with van der Waals surface area (Å²) in [7, 11) is 0. The molecule has 0 amide bonds. The van der Waals surface area contributed by atoms with Crippen LogP contribution in [0.5, 0.6) is 0 Å². The van der Waals surface area contributed by atoms with Crippen molar-refractivity contribution in [3.63, 3.8) is 0 Å². The van der Waals surface area contributed by atoms with Crippen LogP contribution in [0.2, 0.25) is 0 Å². The van der Waals surface area contributed by atoms with Gasteiger partial charge in [0.15, 0.2) is 0 Å². The summed E-state index contributed by atoms with van der Waals surface area (Å²) in [6.07, 6.45) is 5.49. The highest BCUT2D eigenvalue weighted by Gasteiger charge is 2.26. The van der Waals surface area contributed by atoms with E-state index in [2.05, 4.69) is 61.3 Å². The molecule has 1 fully saturated rings. The fourth-order valence-electron chi connectivity index (χ4n) is 3.66. The van der Waals surface area contributed by atoms with Crippen LogP contribution in [0, 0.1) is 5.92 Å². The molecule has 1 aliphatic rings. The Labute approximate surface area is 130 Å². The van der Waals surface area contributed by atoms with Crippen molar-refractivity contribution in [2.45, 2.75) is 58.5 Å². The minimum atomic E-state index is 0.439. The third kappa shape index (κ3) is 4.55. The molecule has 2 nitrogen and oxygen atoms in total. The molecule has 0 aliphatic carbocycles. The fraction of sp³-hybridized carbons (Fsp3) is 0.684. The van der Waals surface area contributed by atoms with E-state index in [0.29, 0.717) is 12.1 Å². The van der Waals surface area contributed by atoms with Crippen LogP contribution in [-0.4, -0.2) is 30.6 Å². The SMILES string of the molecule is CCNC(c1ccccc1)C(C)N1CCCC(CC)CC1. The van der Waals surface area contributed by atoms with Gasteiger partial charge in [-0.05, 0) is 57.3 Å². The maximum absolute atomic E-state index is 3.70. The largest absolute Gasteiger partial charge is 0.309 e. The lowest BCUT2D eigenvalue weighted by atomic mass is 9.98. The molecule has 2 heteroatoms. The number of likely N-dealkylation sites (N-methyl/N-ethyl adjacent to an activating group) is 1. The topological polar surface area (TPSA) is 15.3 Å². The van der Waals surface area contributed by atoms with Gasteiger partial charge in [0, 0.05) is 12.1 Å². The highest BCUT2D eigenvalue weighted by molar-refractivity contribution is 5.20. The first-order valence-electron chi connectivity index (χ1n) is 8.78. The van der Waals surface area contributed by atoms with Crippen LogP contribution >= 0.6 is 0 Å². The Morgan fingerprint density at radius 1 is 1.14 bits per heavy atom. The lowest BCUT2D eigenvalue weighted by molar-refractivity contribution is 0.173. The maximum atomic E-state index is 3.70. The molecule has 2 rings (SSSR count). The van der Waals surface area contributed by atoms with E-state index in [1.54, 1.807) is 0 Å². The number of nitrogens with zero attached hydrogens (tertiary/aromatic N) is 1. The van der Waals surface area contributed by atoms with Gasteiger partial charge >= 0.3 is 0 Å². The van der Waals surface area contributed by atoms with E-state index >= 15 is 0 Å². The number of rotatable bonds is 6. The van der Waals surface area contributed by atoms with Crippen molar-refractivity contribution in [3.05, 3.63) is 35.9 Å². The molecule has 0 saturated carbocycles. The lowest BCUT2D eigenvalue weighted by Gasteiger charge is -2.35. The first-order chi connectivity index (χ1) is 10.3. The van der Waals surface area contributed by atoms with Crippen molar-refractivity contribution in [1.29, 1.82) is 0 Å². The average molecular weight is 288 g/mol. The summed E-state index contributed by atoms with van der Waals surface area (Å²) < 4.78 is 0. The molecule has 0 radical (unpaired) electrons. The van der Waals surface area contributed by atoms with Gasteiger partial charge in [-0.3, -0.25) is 4.90 Å². The van der Waals surface area contributed by atoms with Gasteiger partial charge in [-0.15, -0.1) is 0 Å². The van der Waals surface area contributed by atoms with Crippen molar-refractivity contribution >= 4 is 0 Å². The zero-order valence-corrected chi connectivity index (χ0v) is 14.0. The van der Waals surface area contributed by atoms with Crippen molar-refractivity contribution in [1.82, 2.24) is 10.2 Å². The molecule has 1 aromatic carbocycles. The molecule has 21 heavy (non-hydrogen) atoms. The molecule has 1 aliphatic heterocycles. The quantitative estimate of drug-likeness (QED) is 0.842. The second kappa shape index (κ2) is 8.55. The molecule has 3 unspecified atom stereocenters. The summed E-state index contributed by atoms with van der Waals surface area (Å²) in [4.78, 5) is 2.70. The Hall–Kier alpha value is -0.860. The minimum absolute atomic E-state index is 0.439. The predicted octanol–water partition coefficient (Wildman–Crippen LogP) is 4.24. The number of hydrogen-bond acceptors (Lipinski definition) is 2. The van der Waals surface area contributed by atoms with E-state index in [1.807, 2.05) is 0 Å². The van der Waals surface area contributed by atoms with Crippen LogP contribution < -0.4 is 5.32 Å². The van der Waals surface area contributed by atoms with Crippen LogP contribution in [-0.2, 0) is 0 Å². The van der Waals surface area contributed by atoms with Crippen molar-refractivity contribution < 1.29 is 0 Å². The smallest absolute Gasteiger partial charge is 0.0475 e. The van der Waals surface area contributed by atoms with Crippen molar-refractivity contribution in [2.24, 2.45) is 5.92 Å². The van der Waals surface area contributed by atoms with Gasteiger partial charge in [0.25, 0.3) is 0 Å². The number of benzene rings is 1. The van der Waals surface area contributed by atoms with Crippen LogP contribution in [0.3, 0.4) is 0 Å². The standard InChI is InChI=1S/C19H32N2/c1-4-17-10-9-14-21(15-13-17)16(3)19(20-5-2)18-11-7-6-8-12-18/h6-8,11-12,16-17,19-20H,4-5,9-10,13-15H2,1-3H3. The molecule has 3 atom stereocenters. The molecular weight excluding hydrogens is 256 g/mol. The van der Waals surface area contributed by atoms with Crippen LogP contribution in [0.4, 0.5) is 0 Å².